The lowest BCUT2D eigenvalue weighted by molar-refractivity contribution is 0.354. The van der Waals surface area contributed by atoms with E-state index in [4.69, 9.17) is 13.9 Å². The van der Waals surface area contributed by atoms with Crippen molar-refractivity contribution in [3.8, 4) is 22.6 Å². The third kappa shape index (κ3) is 3.42. The van der Waals surface area contributed by atoms with Crippen molar-refractivity contribution in [3.63, 3.8) is 0 Å². The van der Waals surface area contributed by atoms with Crippen LogP contribution in [0.1, 0.15) is 11.5 Å². The van der Waals surface area contributed by atoms with Crippen molar-refractivity contribution in [3.05, 3.63) is 78.2 Å². The van der Waals surface area contributed by atoms with Gasteiger partial charge in [0, 0.05) is 11.6 Å². The first kappa shape index (κ1) is 16.9. The van der Waals surface area contributed by atoms with Gasteiger partial charge in [-0.3, -0.25) is 0 Å². The maximum Gasteiger partial charge on any atom is 0.220 e. The molecule has 4 heteroatoms. The van der Waals surface area contributed by atoms with Gasteiger partial charge in [-0.25, -0.2) is 4.98 Å². The second-order valence-electron chi connectivity index (χ2n) is 6.02. The molecule has 134 valence electrons. The summed E-state index contributed by atoms with van der Waals surface area (Å²) in [6.45, 7) is 0. The monoisotopic (exact) mass is 357 g/mol. The molecular formula is C23H19NO3. The van der Waals surface area contributed by atoms with Gasteiger partial charge in [-0.05, 0) is 35.4 Å². The molecule has 0 N–H and O–H groups in total. The number of nitrogens with zero attached hydrogens (tertiary/aromatic N) is 1. The molecule has 0 bridgehead atoms. The maximum absolute atomic E-state index is 5.84. The summed E-state index contributed by atoms with van der Waals surface area (Å²) >= 11 is 0. The predicted molar refractivity (Wildman–Crippen MR) is 108 cm³/mol. The van der Waals surface area contributed by atoms with Crippen LogP contribution in [0, 0.1) is 0 Å². The normalized spacial score (nSPS) is 11.2. The molecule has 0 spiro atoms. The number of hydrogen-bond acceptors (Lipinski definition) is 4. The Kier molecular flexibility index (Phi) is 4.62. The Hall–Kier alpha value is -3.53. The van der Waals surface area contributed by atoms with E-state index in [-0.39, 0.29) is 0 Å². The molecule has 0 radical (unpaired) electrons. The first-order valence-electron chi connectivity index (χ1n) is 8.63. The molecule has 4 rings (SSSR count). The molecule has 3 aromatic carbocycles. The summed E-state index contributed by atoms with van der Waals surface area (Å²) in [4.78, 5) is 4.59. The molecule has 1 heterocycles. The number of aromatic nitrogens is 1. The van der Waals surface area contributed by atoms with E-state index in [9.17, 15) is 0 Å². The highest BCUT2D eigenvalue weighted by Gasteiger charge is 2.08. The van der Waals surface area contributed by atoms with Crippen molar-refractivity contribution in [2.75, 3.05) is 14.2 Å². The fourth-order valence-corrected chi connectivity index (χ4v) is 3.03. The number of para-hydroxylation sites is 1. The van der Waals surface area contributed by atoms with Crippen LogP contribution >= 0.6 is 0 Å². The van der Waals surface area contributed by atoms with Crippen LogP contribution in [0.3, 0.4) is 0 Å². The molecule has 0 saturated carbocycles. The first-order valence-corrected chi connectivity index (χ1v) is 8.63. The summed E-state index contributed by atoms with van der Waals surface area (Å²) in [5, 5.41) is 0. The van der Waals surface area contributed by atoms with E-state index < -0.39 is 0 Å². The average Bonchev–Trinajstić information content (AvgIpc) is 3.14. The van der Waals surface area contributed by atoms with Crippen LogP contribution in [0.4, 0.5) is 0 Å². The lowest BCUT2D eigenvalue weighted by Gasteiger charge is -2.09. The van der Waals surface area contributed by atoms with Crippen molar-refractivity contribution in [2.45, 2.75) is 0 Å². The van der Waals surface area contributed by atoms with Gasteiger partial charge >= 0.3 is 0 Å². The predicted octanol–water partition coefficient (Wildman–Crippen LogP) is 5.68. The number of hydrogen-bond donors (Lipinski definition) is 0. The molecule has 1 aromatic heterocycles. The third-order valence-corrected chi connectivity index (χ3v) is 4.35. The number of oxazole rings is 1. The molecule has 4 aromatic rings. The van der Waals surface area contributed by atoms with Gasteiger partial charge in [0.05, 0.1) is 14.2 Å². The summed E-state index contributed by atoms with van der Waals surface area (Å²) < 4.78 is 16.6. The van der Waals surface area contributed by atoms with E-state index >= 15 is 0 Å². The quantitative estimate of drug-likeness (QED) is 0.461. The minimum atomic E-state index is 0.542. The van der Waals surface area contributed by atoms with Gasteiger partial charge in [0.25, 0.3) is 0 Å². The van der Waals surface area contributed by atoms with Gasteiger partial charge in [0.2, 0.25) is 5.89 Å². The van der Waals surface area contributed by atoms with Crippen LogP contribution in [-0.2, 0) is 0 Å². The molecule has 0 aliphatic rings. The summed E-state index contributed by atoms with van der Waals surface area (Å²) in [6, 6.07) is 22.0. The van der Waals surface area contributed by atoms with Crippen molar-refractivity contribution in [2.24, 2.45) is 0 Å². The van der Waals surface area contributed by atoms with E-state index in [1.807, 2.05) is 66.7 Å². The molecule has 0 aliphatic heterocycles. The van der Waals surface area contributed by atoms with Crippen molar-refractivity contribution >= 4 is 23.3 Å². The molecule has 0 fully saturated rings. The van der Waals surface area contributed by atoms with Gasteiger partial charge in [0.15, 0.2) is 17.1 Å². The van der Waals surface area contributed by atoms with Crippen LogP contribution in [0.15, 0.2) is 71.1 Å². The zero-order valence-electron chi connectivity index (χ0n) is 15.2. The van der Waals surface area contributed by atoms with Crippen LogP contribution < -0.4 is 9.47 Å². The Bertz CT molecular complexity index is 1100. The van der Waals surface area contributed by atoms with Gasteiger partial charge in [0.1, 0.15) is 5.52 Å². The number of benzene rings is 3. The lowest BCUT2D eigenvalue weighted by Crippen LogP contribution is -1.92. The number of fused-ring (bicyclic) bond motifs is 1. The van der Waals surface area contributed by atoms with E-state index in [1.54, 1.807) is 14.2 Å². The Labute approximate surface area is 157 Å². The second-order valence-corrected chi connectivity index (χ2v) is 6.02. The molecule has 0 atom stereocenters. The topological polar surface area (TPSA) is 44.5 Å². The molecule has 4 nitrogen and oxygen atoms in total. The SMILES string of the molecule is COc1cccc(/C=C/c2nc3cc(-c4ccccc4)ccc3o2)c1OC. The minimum Gasteiger partial charge on any atom is -0.493 e. The summed E-state index contributed by atoms with van der Waals surface area (Å²) in [5.41, 5.74) is 4.74. The van der Waals surface area contributed by atoms with Crippen molar-refractivity contribution in [1.82, 2.24) is 4.98 Å². The van der Waals surface area contributed by atoms with E-state index in [0.29, 0.717) is 17.4 Å². The van der Waals surface area contributed by atoms with Crippen LogP contribution in [0.2, 0.25) is 0 Å². The maximum atomic E-state index is 5.84. The number of rotatable bonds is 5. The van der Waals surface area contributed by atoms with Gasteiger partial charge in [-0.1, -0.05) is 48.5 Å². The van der Waals surface area contributed by atoms with Gasteiger partial charge in [-0.15, -0.1) is 0 Å². The Morgan fingerprint density at radius 1 is 0.815 bits per heavy atom. The fraction of sp³-hybridized carbons (Fsp3) is 0.0870. The molecular weight excluding hydrogens is 338 g/mol. The lowest BCUT2D eigenvalue weighted by atomic mass is 10.1. The van der Waals surface area contributed by atoms with E-state index in [2.05, 4.69) is 17.1 Å². The van der Waals surface area contributed by atoms with Crippen LogP contribution in [-0.4, -0.2) is 19.2 Å². The molecule has 0 unspecified atom stereocenters. The summed E-state index contributed by atoms with van der Waals surface area (Å²) in [7, 11) is 3.25. The highest BCUT2D eigenvalue weighted by Crippen LogP contribution is 2.32. The minimum absolute atomic E-state index is 0.542. The summed E-state index contributed by atoms with van der Waals surface area (Å²) in [5.74, 6) is 1.91. The molecule has 27 heavy (non-hydrogen) atoms. The largest absolute Gasteiger partial charge is 0.493 e. The van der Waals surface area contributed by atoms with Crippen molar-refractivity contribution < 1.29 is 13.9 Å². The average molecular weight is 357 g/mol. The number of methoxy groups -OCH3 is 2. The second kappa shape index (κ2) is 7.38. The zero-order valence-corrected chi connectivity index (χ0v) is 15.2. The number of ether oxygens (including phenoxy) is 2. The smallest absolute Gasteiger partial charge is 0.220 e. The van der Waals surface area contributed by atoms with Gasteiger partial charge in [-0.2, -0.15) is 0 Å². The Morgan fingerprint density at radius 2 is 1.67 bits per heavy atom. The molecule has 0 saturated heterocycles. The first-order chi connectivity index (χ1) is 13.3. The molecule has 0 amide bonds. The standard InChI is InChI=1S/C23H19NO3/c1-25-21-10-6-9-17(23(21)26-2)12-14-22-24-19-15-18(11-13-20(19)27-22)16-7-4-3-5-8-16/h3-15H,1-2H3/b14-12+. The van der Waals surface area contributed by atoms with E-state index in [0.717, 1.165) is 27.8 Å². The van der Waals surface area contributed by atoms with Crippen LogP contribution in [0.25, 0.3) is 34.4 Å². The summed E-state index contributed by atoms with van der Waals surface area (Å²) in [6.07, 6.45) is 3.74. The van der Waals surface area contributed by atoms with E-state index in [1.165, 1.54) is 0 Å². The van der Waals surface area contributed by atoms with Crippen LogP contribution in [0.5, 0.6) is 11.5 Å². The highest BCUT2D eigenvalue weighted by molar-refractivity contribution is 5.82. The third-order valence-electron chi connectivity index (χ3n) is 4.35. The Morgan fingerprint density at radius 3 is 2.44 bits per heavy atom. The zero-order chi connectivity index (χ0) is 18.6. The van der Waals surface area contributed by atoms with Crippen molar-refractivity contribution in [1.29, 1.82) is 0 Å². The Balaban J connectivity index is 1.66. The fourth-order valence-electron chi connectivity index (χ4n) is 3.03. The van der Waals surface area contributed by atoms with Gasteiger partial charge < -0.3 is 13.9 Å². The molecule has 0 aliphatic carbocycles. The highest BCUT2D eigenvalue weighted by atomic mass is 16.5.